The lowest BCUT2D eigenvalue weighted by Crippen LogP contribution is -2.56. The molecule has 1 heterocycles. The van der Waals surface area contributed by atoms with Crippen LogP contribution in [0.25, 0.3) is 0 Å². The van der Waals surface area contributed by atoms with Gasteiger partial charge in [0.05, 0.1) is 32.3 Å². The molecule has 4 heteroatoms. The van der Waals surface area contributed by atoms with Gasteiger partial charge < -0.3 is 9.22 Å². The number of aliphatic imine (C=N–C) groups is 2. The molecule has 1 saturated heterocycles. The van der Waals surface area contributed by atoms with Gasteiger partial charge >= 0.3 is 0 Å². The van der Waals surface area contributed by atoms with E-state index in [0.717, 1.165) is 30.8 Å². The van der Waals surface area contributed by atoms with Crippen LogP contribution >= 0.6 is 0 Å². The van der Waals surface area contributed by atoms with Crippen molar-refractivity contribution in [1.82, 2.24) is 0 Å². The van der Waals surface area contributed by atoms with Crippen molar-refractivity contribution < 1.29 is 9.22 Å². The van der Waals surface area contributed by atoms with E-state index in [1.807, 2.05) is 0 Å². The molecule has 1 aliphatic carbocycles. The minimum atomic E-state index is 0.237. The maximum atomic E-state index is 5.41. The summed E-state index contributed by atoms with van der Waals surface area (Å²) < 4.78 is 6.37. The van der Waals surface area contributed by atoms with Gasteiger partial charge in [0.15, 0.2) is 6.17 Å². The Labute approximate surface area is 110 Å². The number of likely N-dealkylation sites (N-methyl/N-ethyl adjacent to an activating group) is 1. The predicted octanol–water partition coefficient (Wildman–Crippen LogP) is 2.32. The van der Waals surface area contributed by atoms with Crippen molar-refractivity contribution in [2.45, 2.75) is 51.2 Å². The number of rotatable bonds is 3. The van der Waals surface area contributed by atoms with E-state index in [4.69, 9.17) is 4.74 Å². The molecule has 18 heavy (non-hydrogen) atoms. The molecule has 2 aliphatic rings. The van der Waals surface area contributed by atoms with E-state index in [-0.39, 0.29) is 6.17 Å². The molecule has 4 nitrogen and oxygen atoms in total. The summed E-state index contributed by atoms with van der Waals surface area (Å²) in [6.07, 6.45) is 6.68. The first-order chi connectivity index (χ1) is 8.71. The molecule has 0 N–H and O–H groups in total. The lowest BCUT2D eigenvalue weighted by atomic mass is 9.96. The van der Waals surface area contributed by atoms with Crippen LogP contribution < -0.4 is 0 Å². The first kappa shape index (κ1) is 13.7. The van der Waals surface area contributed by atoms with Gasteiger partial charge in [-0.3, -0.25) is 0 Å². The lowest BCUT2D eigenvalue weighted by Gasteiger charge is -2.39. The molecule has 0 spiro atoms. The van der Waals surface area contributed by atoms with Gasteiger partial charge in [0.1, 0.15) is 13.1 Å². The van der Waals surface area contributed by atoms with E-state index in [0.29, 0.717) is 6.04 Å². The standard InChI is InChI=1S/C14H26N3O/c1-13(17(2)8-10-18-11-9-17)15-12-16-14-6-4-3-5-7-14/h13-14H,3-11H2,1-2H3/q+1. The molecule has 0 radical (unpaired) electrons. The molecule has 2 rings (SSSR count). The fraction of sp³-hybridized carbons (Fsp3) is 0.929. The average Bonchev–Trinajstić information content (AvgIpc) is 2.41. The van der Waals surface area contributed by atoms with Crippen LogP contribution in [0.5, 0.6) is 0 Å². The number of ether oxygens (including phenoxy) is 1. The van der Waals surface area contributed by atoms with Crippen molar-refractivity contribution in [1.29, 1.82) is 0 Å². The molecule has 0 aromatic carbocycles. The molecular weight excluding hydrogens is 226 g/mol. The minimum absolute atomic E-state index is 0.237. The Balaban J connectivity index is 1.88. The second kappa shape index (κ2) is 6.46. The summed E-state index contributed by atoms with van der Waals surface area (Å²) >= 11 is 0. The molecule has 0 aromatic rings. The van der Waals surface area contributed by atoms with Gasteiger partial charge in [-0.25, -0.2) is 4.99 Å². The smallest absolute Gasteiger partial charge is 0.190 e. The number of hydrogen-bond donors (Lipinski definition) is 0. The van der Waals surface area contributed by atoms with Crippen molar-refractivity contribution in [2.75, 3.05) is 33.4 Å². The van der Waals surface area contributed by atoms with Crippen molar-refractivity contribution in [3.63, 3.8) is 0 Å². The summed E-state index contributed by atoms with van der Waals surface area (Å²) in [5, 5.41) is 0. The van der Waals surface area contributed by atoms with E-state index in [1.54, 1.807) is 0 Å². The highest BCUT2D eigenvalue weighted by molar-refractivity contribution is 5.41. The van der Waals surface area contributed by atoms with Crippen LogP contribution in [-0.4, -0.2) is 56.0 Å². The summed E-state index contributed by atoms with van der Waals surface area (Å²) in [7, 11) is 2.25. The highest BCUT2D eigenvalue weighted by Gasteiger charge is 2.31. The number of morpholine rings is 1. The first-order valence-corrected chi connectivity index (χ1v) is 7.27. The van der Waals surface area contributed by atoms with E-state index in [2.05, 4.69) is 30.0 Å². The fourth-order valence-corrected chi connectivity index (χ4v) is 2.68. The maximum Gasteiger partial charge on any atom is 0.190 e. The van der Waals surface area contributed by atoms with Gasteiger partial charge in [0.25, 0.3) is 0 Å². The molecule has 0 amide bonds. The summed E-state index contributed by atoms with van der Waals surface area (Å²) in [6, 6.07) is 3.45. The molecule has 1 saturated carbocycles. The summed E-state index contributed by atoms with van der Waals surface area (Å²) in [4.78, 5) is 9.00. The summed E-state index contributed by atoms with van der Waals surface area (Å²) in [5.41, 5.74) is 0. The van der Waals surface area contributed by atoms with Gasteiger partial charge in [-0.15, -0.1) is 0 Å². The Morgan fingerprint density at radius 2 is 1.83 bits per heavy atom. The third-order valence-corrected chi connectivity index (χ3v) is 4.45. The van der Waals surface area contributed by atoms with Crippen LogP contribution in [0.15, 0.2) is 9.98 Å². The third-order valence-electron chi connectivity index (χ3n) is 4.45. The van der Waals surface area contributed by atoms with Crippen LogP contribution in [0.4, 0.5) is 0 Å². The fourth-order valence-electron chi connectivity index (χ4n) is 2.68. The third kappa shape index (κ3) is 3.64. The number of hydrogen-bond acceptors (Lipinski definition) is 3. The Hall–Kier alpha value is -0.700. The zero-order chi connectivity index (χ0) is 12.8. The molecule has 0 aromatic heterocycles. The van der Waals surface area contributed by atoms with Crippen LogP contribution in [-0.2, 0) is 4.74 Å². The zero-order valence-electron chi connectivity index (χ0n) is 11.8. The Bertz CT molecular complexity index is 311. The molecule has 102 valence electrons. The van der Waals surface area contributed by atoms with E-state index in [9.17, 15) is 0 Å². The number of quaternary nitrogens is 1. The molecule has 1 unspecified atom stereocenters. The topological polar surface area (TPSA) is 34.0 Å². The minimum Gasteiger partial charge on any atom is -0.370 e. The van der Waals surface area contributed by atoms with Gasteiger partial charge in [-0.1, -0.05) is 19.3 Å². The molecule has 1 atom stereocenters. The van der Waals surface area contributed by atoms with Gasteiger partial charge in [0.2, 0.25) is 0 Å². The van der Waals surface area contributed by atoms with Gasteiger partial charge in [-0.05, 0) is 12.8 Å². The Kier molecular flexibility index (Phi) is 4.93. The zero-order valence-corrected chi connectivity index (χ0v) is 11.8. The molecular formula is C14H26N3O+. The Morgan fingerprint density at radius 1 is 1.17 bits per heavy atom. The first-order valence-electron chi connectivity index (χ1n) is 7.27. The molecule has 1 aliphatic heterocycles. The predicted molar refractivity (Wildman–Crippen MR) is 72.9 cm³/mol. The van der Waals surface area contributed by atoms with Crippen LogP contribution in [0.1, 0.15) is 39.0 Å². The van der Waals surface area contributed by atoms with Gasteiger partial charge in [-0.2, -0.15) is 4.99 Å². The quantitative estimate of drug-likeness (QED) is 0.560. The van der Waals surface area contributed by atoms with Crippen molar-refractivity contribution in [3.8, 4) is 0 Å². The van der Waals surface area contributed by atoms with Crippen molar-refractivity contribution in [2.24, 2.45) is 9.98 Å². The van der Waals surface area contributed by atoms with Crippen LogP contribution in [0.2, 0.25) is 0 Å². The highest BCUT2D eigenvalue weighted by atomic mass is 16.5. The van der Waals surface area contributed by atoms with Crippen molar-refractivity contribution >= 4 is 6.01 Å². The monoisotopic (exact) mass is 252 g/mol. The largest absolute Gasteiger partial charge is 0.370 e. The maximum absolute atomic E-state index is 5.41. The second-order valence-corrected chi connectivity index (χ2v) is 5.82. The van der Waals surface area contributed by atoms with Crippen LogP contribution in [0, 0.1) is 0 Å². The average molecular weight is 252 g/mol. The van der Waals surface area contributed by atoms with Crippen LogP contribution in [0.3, 0.4) is 0 Å². The van der Waals surface area contributed by atoms with Gasteiger partial charge in [0, 0.05) is 6.92 Å². The number of nitrogens with zero attached hydrogens (tertiary/aromatic N) is 3. The Morgan fingerprint density at radius 3 is 2.50 bits per heavy atom. The normalized spacial score (nSPS) is 26.1. The second-order valence-electron chi connectivity index (χ2n) is 5.82. The van der Waals surface area contributed by atoms with Crippen molar-refractivity contribution in [3.05, 3.63) is 0 Å². The highest BCUT2D eigenvalue weighted by Crippen LogP contribution is 2.19. The van der Waals surface area contributed by atoms with E-state index < -0.39 is 0 Å². The van der Waals surface area contributed by atoms with E-state index >= 15 is 0 Å². The molecule has 2 fully saturated rings. The van der Waals surface area contributed by atoms with E-state index in [1.165, 1.54) is 32.1 Å². The SMILES string of the molecule is CC(N=C=NC1CCCCC1)[N+]1(C)CCOCC1. The molecule has 0 bridgehead atoms. The lowest BCUT2D eigenvalue weighted by molar-refractivity contribution is -0.937. The summed E-state index contributed by atoms with van der Waals surface area (Å²) in [6.45, 7) is 5.92. The summed E-state index contributed by atoms with van der Waals surface area (Å²) in [5.74, 6) is 0.